The van der Waals surface area contributed by atoms with E-state index < -0.39 is 21.7 Å². The van der Waals surface area contributed by atoms with Crippen LogP contribution in [0.4, 0.5) is 14.5 Å². The van der Waals surface area contributed by atoms with Crippen LogP contribution >= 0.6 is 0 Å². The van der Waals surface area contributed by atoms with Crippen molar-refractivity contribution in [1.82, 2.24) is 5.32 Å². The number of nitrogens with one attached hydrogen (secondary N) is 2. The molecule has 7 heteroatoms. The summed E-state index contributed by atoms with van der Waals surface area (Å²) in [6.45, 7) is 1.57. The van der Waals surface area contributed by atoms with Crippen LogP contribution in [0.25, 0.3) is 0 Å². The van der Waals surface area contributed by atoms with Gasteiger partial charge < -0.3 is 5.32 Å². The van der Waals surface area contributed by atoms with Gasteiger partial charge in [0.25, 0.3) is 0 Å². The molecule has 2 N–H and O–H groups in total. The van der Waals surface area contributed by atoms with Crippen molar-refractivity contribution >= 4 is 15.7 Å². The predicted octanol–water partition coefficient (Wildman–Crippen LogP) is 1.71. The van der Waals surface area contributed by atoms with Crippen LogP contribution in [-0.2, 0) is 10.0 Å². The molecule has 19 heavy (non-hydrogen) atoms. The van der Waals surface area contributed by atoms with Gasteiger partial charge >= 0.3 is 0 Å². The number of hydrogen-bond acceptors (Lipinski definition) is 3. The van der Waals surface area contributed by atoms with E-state index in [2.05, 4.69) is 10.0 Å². The van der Waals surface area contributed by atoms with Gasteiger partial charge in [0.05, 0.1) is 11.4 Å². The van der Waals surface area contributed by atoms with Crippen LogP contribution in [0.2, 0.25) is 0 Å². The molecule has 1 aliphatic rings. The Morgan fingerprint density at radius 1 is 1.26 bits per heavy atom. The summed E-state index contributed by atoms with van der Waals surface area (Å²) in [6.07, 6.45) is 1.54. The van der Waals surface area contributed by atoms with E-state index in [1.165, 1.54) is 12.1 Å². The largest absolute Gasteiger partial charge is 0.317 e. The monoisotopic (exact) mass is 290 g/mol. The highest BCUT2D eigenvalue weighted by atomic mass is 32.2. The van der Waals surface area contributed by atoms with Gasteiger partial charge in [0.15, 0.2) is 11.6 Å². The van der Waals surface area contributed by atoms with Crippen LogP contribution < -0.4 is 10.0 Å². The molecule has 0 saturated carbocycles. The zero-order valence-electron chi connectivity index (χ0n) is 10.3. The zero-order valence-corrected chi connectivity index (χ0v) is 11.1. The summed E-state index contributed by atoms with van der Waals surface area (Å²) in [6, 6.07) is 3.42. The third kappa shape index (κ3) is 3.87. The van der Waals surface area contributed by atoms with Gasteiger partial charge in [-0.15, -0.1) is 0 Å². The summed E-state index contributed by atoms with van der Waals surface area (Å²) in [5.74, 6) is -2.25. The first-order valence-corrected chi connectivity index (χ1v) is 7.78. The molecule has 1 aromatic carbocycles. The molecule has 0 aromatic heterocycles. The smallest absolute Gasteiger partial charge is 0.233 e. The lowest BCUT2D eigenvalue weighted by atomic mass is 10.0. The molecule has 1 aliphatic heterocycles. The van der Waals surface area contributed by atoms with Crippen LogP contribution in [0.5, 0.6) is 0 Å². The fourth-order valence-corrected chi connectivity index (χ4v) is 3.68. The Morgan fingerprint density at radius 2 is 1.95 bits per heavy atom. The molecule has 1 saturated heterocycles. The molecule has 4 nitrogen and oxygen atoms in total. The Hall–Kier alpha value is -1.21. The second-order valence-electron chi connectivity index (χ2n) is 4.68. The van der Waals surface area contributed by atoms with E-state index in [4.69, 9.17) is 0 Å². The van der Waals surface area contributed by atoms with Crippen LogP contribution in [-0.4, -0.2) is 27.3 Å². The van der Waals surface area contributed by atoms with Crippen molar-refractivity contribution in [1.29, 1.82) is 0 Å². The van der Waals surface area contributed by atoms with Gasteiger partial charge in [-0.25, -0.2) is 17.2 Å². The van der Waals surface area contributed by atoms with Gasteiger partial charge in [-0.2, -0.15) is 0 Å². The number of hydrogen-bond donors (Lipinski definition) is 2. The second kappa shape index (κ2) is 5.83. The van der Waals surface area contributed by atoms with Crippen molar-refractivity contribution in [3.05, 3.63) is 29.8 Å². The molecule has 1 fully saturated rings. The van der Waals surface area contributed by atoms with Crippen molar-refractivity contribution in [2.75, 3.05) is 23.6 Å². The van der Waals surface area contributed by atoms with Crippen molar-refractivity contribution in [2.24, 2.45) is 5.92 Å². The maximum atomic E-state index is 13.4. The SMILES string of the molecule is O=S(=O)(CC1CCNCC1)Nc1cccc(F)c1F. The quantitative estimate of drug-likeness (QED) is 0.887. The van der Waals surface area contributed by atoms with E-state index in [0.717, 1.165) is 32.0 Å². The van der Waals surface area contributed by atoms with Gasteiger partial charge in [0.1, 0.15) is 0 Å². The molecule has 1 heterocycles. The average molecular weight is 290 g/mol. The van der Waals surface area contributed by atoms with Gasteiger partial charge in [0.2, 0.25) is 10.0 Å². The normalized spacial score (nSPS) is 17.4. The molecular formula is C12H16F2N2O2S. The first-order valence-electron chi connectivity index (χ1n) is 6.13. The molecule has 106 valence electrons. The van der Waals surface area contributed by atoms with Crippen LogP contribution in [0.15, 0.2) is 18.2 Å². The highest BCUT2D eigenvalue weighted by Crippen LogP contribution is 2.20. The molecular weight excluding hydrogens is 274 g/mol. The van der Waals surface area contributed by atoms with Crippen molar-refractivity contribution in [3.63, 3.8) is 0 Å². The third-order valence-corrected chi connectivity index (χ3v) is 4.57. The minimum atomic E-state index is -3.66. The molecule has 0 spiro atoms. The Labute approximate surface area is 111 Å². The topological polar surface area (TPSA) is 58.2 Å². The Bertz CT molecular complexity index is 543. The Kier molecular flexibility index (Phi) is 4.36. The molecule has 0 unspecified atom stereocenters. The summed E-state index contributed by atoms with van der Waals surface area (Å²) in [7, 11) is -3.66. The third-order valence-electron chi connectivity index (χ3n) is 3.13. The molecule has 2 rings (SSSR count). The van der Waals surface area contributed by atoms with Crippen molar-refractivity contribution in [2.45, 2.75) is 12.8 Å². The van der Waals surface area contributed by atoms with E-state index in [0.29, 0.717) is 0 Å². The van der Waals surface area contributed by atoms with Crippen LogP contribution in [0.3, 0.4) is 0 Å². The number of anilines is 1. The number of benzene rings is 1. The number of sulfonamides is 1. The first-order chi connectivity index (χ1) is 8.98. The van der Waals surface area contributed by atoms with Gasteiger partial charge in [-0.1, -0.05) is 6.07 Å². The standard InChI is InChI=1S/C12H16F2N2O2S/c13-10-2-1-3-11(12(10)14)16-19(17,18)8-9-4-6-15-7-5-9/h1-3,9,15-16H,4-8H2. The van der Waals surface area contributed by atoms with Crippen molar-refractivity contribution in [3.8, 4) is 0 Å². The second-order valence-corrected chi connectivity index (χ2v) is 6.45. The molecule has 1 aromatic rings. The van der Waals surface area contributed by atoms with E-state index >= 15 is 0 Å². The maximum Gasteiger partial charge on any atom is 0.233 e. The van der Waals surface area contributed by atoms with E-state index in [9.17, 15) is 17.2 Å². The minimum absolute atomic E-state index is 0.0513. The summed E-state index contributed by atoms with van der Waals surface area (Å²) < 4.78 is 52.3. The lowest BCUT2D eigenvalue weighted by Gasteiger charge is -2.22. The van der Waals surface area contributed by atoms with E-state index in [-0.39, 0.29) is 17.4 Å². The molecule has 0 aliphatic carbocycles. The van der Waals surface area contributed by atoms with E-state index in [1.807, 2.05) is 0 Å². The average Bonchev–Trinajstić information content (AvgIpc) is 2.35. The molecule has 0 atom stereocenters. The highest BCUT2D eigenvalue weighted by molar-refractivity contribution is 7.92. The Balaban J connectivity index is 2.06. The number of rotatable bonds is 4. The fraction of sp³-hybridized carbons (Fsp3) is 0.500. The summed E-state index contributed by atoms with van der Waals surface area (Å²) in [5, 5.41) is 3.14. The lowest BCUT2D eigenvalue weighted by molar-refractivity contribution is 0.402. The summed E-state index contributed by atoms with van der Waals surface area (Å²) in [5.41, 5.74) is -0.339. The Morgan fingerprint density at radius 3 is 2.63 bits per heavy atom. The zero-order chi connectivity index (χ0) is 13.9. The molecule has 0 amide bonds. The summed E-state index contributed by atoms with van der Waals surface area (Å²) >= 11 is 0. The minimum Gasteiger partial charge on any atom is -0.317 e. The number of piperidine rings is 1. The first kappa shape index (κ1) is 14.2. The van der Waals surface area contributed by atoms with Gasteiger partial charge in [-0.3, -0.25) is 4.72 Å². The maximum absolute atomic E-state index is 13.4. The van der Waals surface area contributed by atoms with Crippen LogP contribution in [0.1, 0.15) is 12.8 Å². The highest BCUT2D eigenvalue weighted by Gasteiger charge is 2.22. The number of halogens is 2. The molecule has 0 bridgehead atoms. The van der Waals surface area contributed by atoms with Gasteiger partial charge in [-0.05, 0) is 44.0 Å². The summed E-state index contributed by atoms with van der Waals surface area (Å²) in [4.78, 5) is 0. The predicted molar refractivity (Wildman–Crippen MR) is 69.4 cm³/mol. The van der Waals surface area contributed by atoms with E-state index in [1.54, 1.807) is 0 Å². The lowest BCUT2D eigenvalue weighted by Crippen LogP contribution is -2.33. The van der Waals surface area contributed by atoms with Crippen molar-refractivity contribution < 1.29 is 17.2 Å². The van der Waals surface area contributed by atoms with Crippen LogP contribution in [0, 0.1) is 17.6 Å². The molecule has 0 radical (unpaired) electrons. The van der Waals surface area contributed by atoms with Gasteiger partial charge in [0, 0.05) is 0 Å². The fourth-order valence-electron chi connectivity index (χ4n) is 2.15.